The van der Waals surface area contributed by atoms with E-state index in [1.54, 1.807) is 7.11 Å². The maximum atomic E-state index is 6.03. The van der Waals surface area contributed by atoms with Crippen LogP contribution < -0.4 is 10.1 Å². The van der Waals surface area contributed by atoms with Gasteiger partial charge in [0.25, 0.3) is 0 Å². The number of aryl methyl sites for hydroxylation is 2. The minimum atomic E-state index is 0.0571. The van der Waals surface area contributed by atoms with Crippen LogP contribution in [0.4, 0.5) is 0 Å². The van der Waals surface area contributed by atoms with Crippen molar-refractivity contribution in [1.29, 1.82) is 0 Å². The Morgan fingerprint density at radius 1 is 1.32 bits per heavy atom. The number of ether oxygens (including phenoxy) is 2. The number of methoxy groups -OCH3 is 1. The molecule has 0 saturated carbocycles. The lowest BCUT2D eigenvalue weighted by molar-refractivity contribution is 0.0860. The summed E-state index contributed by atoms with van der Waals surface area (Å²) >= 11 is 0. The summed E-state index contributed by atoms with van der Waals surface area (Å²) in [6.45, 7) is 3.88. The average molecular weight is 341 g/mol. The van der Waals surface area contributed by atoms with Gasteiger partial charge in [-0.2, -0.15) is 0 Å². The van der Waals surface area contributed by atoms with E-state index in [9.17, 15) is 0 Å². The van der Waals surface area contributed by atoms with Crippen LogP contribution in [0, 0.1) is 0 Å². The highest BCUT2D eigenvalue weighted by molar-refractivity contribution is 5.38. The van der Waals surface area contributed by atoms with Crippen LogP contribution in [-0.2, 0) is 24.1 Å². The second kappa shape index (κ2) is 7.18. The fraction of sp³-hybridized carbons (Fsp3) is 0.550. The Kier molecular flexibility index (Phi) is 4.77. The van der Waals surface area contributed by atoms with Gasteiger partial charge in [-0.15, -0.1) is 0 Å². The Labute approximate surface area is 149 Å². The van der Waals surface area contributed by atoms with Crippen molar-refractivity contribution >= 4 is 0 Å². The fourth-order valence-corrected chi connectivity index (χ4v) is 4.17. The molecule has 0 radical (unpaired) electrons. The number of aromatic nitrogens is 2. The molecule has 1 aliphatic carbocycles. The maximum absolute atomic E-state index is 6.03. The first-order valence-electron chi connectivity index (χ1n) is 9.33. The molecule has 2 heterocycles. The Morgan fingerprint density at radius 3 is 3.08 bits per heavy atom. The first-order valence-corrected chi connectivity index (χ1v) is 9.33. The van der Waals surface area contributed by atoms with Crippen LogP contribution in [0.5, 0.6) is 5.75 Å². The summed E-state index contributed by atoms with van der Waals surface area (Å²) in [6.07, 6.45) is 8.36. The van der Waals surface area contributed by atoms with Crippen LogP contribution in [0.25, 0.3) is 0 Å². The number of hydrogen-bond donors (Lipinski definition) is 1. The molecular weight excluding hydrogens is 314 g/mol. The van der Waals surface area contributed by atoms with Gasteiger partial charge in [0.1, 0.15) is 17.7 Å². The van der Waals surface area contributed by atoms with Crippen LogP contribution in [0.2, 0.25) is 0 Å². The predicted molar refractivity (Wildman–Crippen MR) is 96.9 cm³/mol. The molecule has 2 aliphatic rings. The fourth-order valence-electron chi connectivity index (χ4n) is 4.17. The number of benzene rings is 1. The van der Waals surface area contributed by atoms with Crippen LogP contribution >= 0.6 is 0 Å². The standard InChI is InChI=1S/C20H27N3O2/c1-3-23-10-9-21-20(23)19-18(8-11-25-19)22-16-6-4-14-5-7-17(24-2)13-15(14)12-16/h5,7,9-10,13,16,18-19,22H,3-4,6,8,11-12H2,1-2H3/t16-,18-,19-/m0/s1. The molecule has 1 N–H and O–H groups in total. The molecular formula is C20H27N3O2. The van der Waals surface area contributed by atoms with Crippen molar-refractivity contribution < 1.29 is 9.47 Å². The zero-order chi connectivity index (χ0) is 17.2. The quantitative estimate of drug-likeness (QED) is 0.908. The summed E-state index contributed by atoms with van der Waals surface area (Å²) in [6, 6.07) is 7.29. The van der Waals surface area contributed by atoms with E-state index in [1.165, 1.54) is 17.5 Å². The normalized spacial score (nSPS) is 25.8. The molecule has 134 valence electrons. The molecule has 25 heavy (non-hydrogen) atoms. The zero-order valence-electron chi connectivity index (χ0n) is 15.1. The van der Waals surface area contributed by atoms with Crippen molar-refractivity contribution in [2.75, 3.05) is 13.7 Å². The van der Waals surface area contributed by atoms with E-state index in [2.05, 4.69) is 40.0 Å². The van der Waals surface area contributed by atoms with Crippen molar-refractivity contribution in [2.24, 2.45) is 0 Å². The molecule has 0 unspecified atom stereocenters. The number of nitrogens with one attached hydrogen (secondary N) is 1. The van der Waals surface area contributed by atoms with E-state index in [4.69, 9.17) is 9.47 Å². The molecule has 4 rings (SSSR count). The van der Waals surface area contributed by atoms with E-state index in [0.717, 1.165) is 44.0 Å². The summed E-state index contributed by atoms with van der Waals surface area (Å²) in [5.74, 6) is 2.00. The average Bonchev–Trinajstić information content (AvgIpc) is 3.29. The monoisotopic (exact) mass is 341 g/mol. The number of hydrogen-bond acceptors (Lipinski definition) is 4. The second-order valence-corrected chi connectivity index (χ2v) is 7.00. The lowest BCUT2D eigenvalue weighted by Gasteiger charge is -2.30. The van der Waals surface area contributed by atoms with Gasteiger partial charge in [0.15, 0.2) is 0 Å². The first kappa shape index (κ1) is 16.6. The molecule has 1 aliphatic heterocycles. The largest absolute Gasteiger partial charge is 0.497 e. The summed E-state index contributed by atoms with van der Waals surface area (Å²) in [5.41, 5.74) is 2.87. The van der Waals surface area contributed by atoms with Crippen molar-refractivity contribution in [3.63, 3.8) is 0 Å². The lowest BCUT2D eigenvalue weighted by Crippen LogP contribution is -2.43. The number of fused-ring (bicyclic) bond motifs is 1. The van der Waals surface area contributed by atoms with Crippen LogP contribution in [0.1, 0.15) is 42.8 Å². The maximum Gasteiger partial charge on any atom is 0.139 e. The van der Waals surface area contributed by atoms with Crippen molar-refractivity contribution in [3.8, 4) is 5.75 Å². The van der Waals surface area contributed by atoms with E-state index in [1.807, 2.05) is 12.4 Å². The third kappa shape index (κ3) is 3.31. The molecule has 0 bridgehead atoms. The van der Waals surface area contributed by atoms with E-state index in [0.29, 0.717) is 12.1 Å². The second-order valence-electron chi connectivity index (χ2n) is 7.00. The Hall–Kier alpha value is -1.85. The molecule has 1 aromatic heterocycles. The van der Waals surface area contributed by atoms with Gasteiger partial charge in [0, 0.05) is 37.6 Å². The van der Waals surface area contributed by atoms with Crippen LogP contribution in [-0.4, -0.2) is 35.4 Å². The Balaban J connectivity index is 1.46. The van der Waals surface area contributed by atoms with Crippen LogP contribution in [0.15, 0.2) is 30.6 Å². The van der Waals surface area contributed by atoms with E-state index < -0.39 is 0 Å². The van der Waals surface area contributed by atoms with Gasteiger partial charge in [-0.05, 0) is 55.9 Å². The highest BCUT2D eigenvalue weighted by Crippen LogP contribution is 2.31. The van der Waals surface area contributed by atoms with Crippen molar-refractivity contribution in [3.05, 3.63) is 47.5 Å². The number of nitrogens with zero attached hydrogens (tertiary/aromatic N) is 2. The van der Waals surface area contributed by atoms with Gasteiger partial charge < -0.3 is 19.4 Å². The molecule has 1 saturated heterocycles. The Morgan fingerprint density at radius 2 is 2.24 bits per heavy atom. The minimum Gasteiger partial charge on any atom is -0.497 e. The molecule has 0 spiro atoms. The van der Waals surface area contributed by atoms with Crippen molar-refractivity contribution in [1.82, 2.24) is 14.9 Å². The molecule has 1 fully saturated rings. The molecule has 2 aromatic rings. The molecule has 3 atom stereocenters. The first-order chi connectivity index (χ1) is 12.3. The lowest BCUT2D eigenvalue weighted by atomic mass is 9.87. The van der Waals surface area contributed by atoms with Gasteiger partial charge in [0.05, 0.1) is 7.11 Å². The number of imidazole rings is 1. The van der Waals surface area contributed by atoms with Gasteiger partial charge in [-0.1, -0.05) is 6.07 Å². The summed E-state index contributed by atoms with van der Waals surface area (Å²) in [5, 5.41) is 3.87. The molecule has 5 nitrogen and oxygen atoms in total. The summed E-state index contributed by atoms with van der Waals surface area (Å²) < 4.78 is 13.6. The summed E-state index contributed by atoms with van der Waals surface area (Å²) in [4.78, 5) is 4.55. The van der Waals surface area contributed by atoms with Gasteiger partial charge in [0.2, 0.25) is 0 Å². The van der Waals surface area contributed by atoms with Gasteiger partial charge in [-0.3, -0.25) is 0 Å². The van der Waals surface area contributed by atoms with Gasteiger partial charge in [-0.25, -0.2) is 4.98 Å². The highest BCUT2D eigenvalue weighted by Gasteiger charge is 2.34. The van der Waals surface area contributed by atoms with E-state index in [-0.39, 0.29) is 6.10 Å². The molecule has 5 heteroatoms. The SMILES string of the molecule is CCn1ccnc1[C@H]1OCC[C@@H]1N[C@H]1CCc2ccc(OC)cc2C1. The zero-order valence-corrected chi connectivity index (χ0v) is 15.1. The Bertz CT molecular complexity index is 727. The topological polar surface area (TPSA) is 48.3 Å². The third-order valence-corrected chi connectivity index (χ3v) is 5.53. The number of rotatable bonds is 5. The van der Waals surface area contributed by atoms with Crippen molar-refractivity contribution in [2.45, 2.75) is 57.3 Å². The van der Waals surface area contributed by atoms with E-state index >= 15 is 0 Å². The highest BCUT2D eigenvalue weighted by atomic mass is 16.5. The van der Waals surface area contributed by atoms with Gasteiger partial charge >= 0.3 is 0 Å². The van der Waals surface area contributed by atoms with Crippen LogP contribution in [0.3, 0.4) is 0 Å². The molecule has 0 amide bonds. The summed E-state index contributed by atoms with van der Waals surface area (Å²) in [7, 11) is 1.73. The minimum absolute atomic E-state index is 0.0571. The third-order valence-electron chi connectivity index (χ3n) is 5.53. The smallest absolute Gasteiger partial charge is 0.139 e. The predicted octanol–water partition coefficient (Wildman–Crippen LogP) is 2.89. The molecule has 1 aromatic carbocycles.